The van der Waals surface area contributed by atoms with Crippen molar-refractivity contribution in [2.75, 3.05) is 5.43 Å². The van der Waals surface area contributed by atoms with E-state index in [1.807, 2.05) is 0 Å². The fourth-order valence-corrected chi connectivity index (χ4v) is 5.48. The Kier molecular flexibility index (Phi) is 5.10. The zero-order chi connectivity index (χ0) is 21.8. The lowest BCUT2D eigenvalue weighted by atomic mass is 10.1. The summed E-state index contributed by atoms with van der Waals surface area (Å²) < 4.78 is 65.6. The summed E-state index contributed by atoms with van der Waals surface area (Å²) in [5.41, 5.74) is 0.850. The summed E-state index contributed by atoms with van der Waals surface area (Å²) in [5.74, 6) is 0. The molecule has 0 atom stereocenters. The van der Waals surface area contributed by atoms with Gasteiger partial charge in [-0.2, -0.15) is 13.2 Å². The van der Waals surface area contributed by atoms with Crippen LogP contribution in [0.2, 0.25) is 5.02 Å². The van der Waals surface area contributed by atoms with Crippen LogP contribution in [0.5, 0.6) is 0 Å². The van der Waals surface area contributed by atoms with E-state index in [9.17, 15) is 26.4 Å². The molecule has 1 aromatic heterocycles. The van der Waals surface area contributed by atoms with Crippen molar-refractivity contribution in [3.63, 3.8) is 0 Å². The molecule has 0 amide bonds. The molecule has 0 bridgehead atoms. The normalized spacial score (nSPS) is 14.8. The second-order valence-electron chi connectivity index (χ2n) is 6.77. The SMILES string of the molecule is O=c1c2cc(C(F)(F)F)cc(Br)c2ncn1Nc1cc(Cl)ccc1S(=O)(=O)C1CC1. The van der Waals surface area contributed by atoms with Crippen LogP contribution < -0.4 is 11.0 Å². The van der Waals surface area contributed by atoms with Gasteiger partial charge in [-0.15, -0.1) is 0 Å². The molecular formula is C18H12BrClF3N3O3S. The fourth-order valence-electron chi connectivity index (χ4n) is 2.96. The summed E-state index contributed by atoms with van der Waals surface area (Å²) in [6, 6.07) is 5.61. The molecule has 0 unspecified atom stereocenters. The van der Waals surface area contributed by atoms with Crippen molar-refractivity contribution in [3.05, 3.63) is 62.1 Å². The maximum Gasteiger partial charge on any atom is 0.416 e. The molecule has 0 spiro atoms. The van der Waals surface area contributed by atoms with E-state index in [0.717, 1.165) is 17.1 Å². The van der Waals surface area contributed by atoms with Crippen molar-refractivity contribution < 1.29 is 21.6 Å². The van der Waals surface area contributed by atoms with Crippen molar-refractivity contribution in [1.82, 2.24) is 9.66 Å². The molecule has 0 aliphatic heterocycles. The van der Waals surface area contributed by atoms with Crippen molar-refractivity contribution in [2.45, 2.75) is 29.2 Å². The molecule has 12 heteroatoms. The molecule has 1 N–H and O–H groups in total. The van der Waals surface area contributed by atoms with Crippen molar-refractivity contribution in [3.8, 4) is 0 Å². The number of fused-ring (bicyclic) bond motifs is 1. The topological polar surface area (TPSA) is 81.1 Å². The van der Waals surface area contributed by atoms with Gasteiger partial charge in [0.15, 0.2) is 9.84 Å². The van der Waals surface area contributed by atoms with Gasteiger partial charge in [0.1, 0.15) is 6.33 Å². The minimum absolute atomic E-state index is 0.0105. The third-order valence-corrected chi connectivity index (χ3v) is 7.75. The summed E-state index contributed by atoms with van der Waals surface area (Å²) in [7, 11) is -3.63. The zero-order valence-corrected chi connectivity index (χ0v) is 18.0. The van der Waals surface area contributed by atoms with Gasteiger partial charge in [0, 0.05) is 9.50 Å². The van der Waals surface area contributed by atoms with E-state index < -0.39 is 32.4 Å². The number of anilines is 1. The van der Waals surface area contributed by atoms with Crippen molar-refractivity contribution in [2.24, 2.45) is 0 Å². The Hall–Kier alpha value is -2.11. The van der Waals surface area contributed by atoms with Gasteiger partial charge in [-0.25, -0.2) is 18.1 Å². The van der Waals surface area contributed by atoms with Gasteiger partial charge in [-0.05, 0) is 59.1 Å². The van der Waals surface area contributed by atoms with E-state index in [0.29, 0.717) is 18.9 Å². The lowest BCUT2D eigenvalue weighted by Gasteiger charge is -2.15. The predicted molar refractivity (Wildman–Crippen MR) is 109 cm³/mol. The Morgan fingerprint density at radius 2 is 1.90 bits per heavy atom. The van der Waals surface area contributed by atoms with Crippen LogP contribution in [0, 0.1) is 0 Å². The molecule has 6 nitrogen and oxygen atoms in total. The van der Waals surface area contributed by atoms with Crippen LogP contribution in [0.4, 0.5) is 18.9 Å². The highest BCUT2D eigenvalue weighted by Gasteiger charge is 2.38. The first-order valence-electron chi connectivity index (χ1n) is 8.57. The number of nitrogens with zero attached hydrogens (tertiary/aromatic N) is 2. The van der Waals surface area contributed by atoms with E-state index in [4.69, 9.17) is 11.6 Å². The van der Waals surface area contributed by atoms with Crippen LogP contribution in [-0.4, -0.2) is 23.3 Å². The average Bonchev–Trinajstić information content (AvgIpc) is 3.49. The molecule has 1 fully saturated rings. The van der Waals surface area contributed by atoms with Crippen molar-refractivity contribution in [1.29, 1.82) is 0 Å². The second-order valence-corrected chi connectivity index (χ2v) is 10.3. The molecule has 2 aromatic carbocycles. The fraction of sp³-hybridized carbons (Fsp3) is 0.222. The van der Waals surface area contributed by atoms with Gasteiger partial charge >= 0.3 is 6.18 Å². The summed E-state index contributed by atoms with van der Waals surface area (Å²) in [5, 5.41) is -0.576. The van der Waals surface area contributed by atoms with Crippen LogP contribution in [0.25, 0.3) is 10.9 Å². The maximum atomic E-state index is 13.1. The monoisotopic (exact) mass is 521 g/mol. The van der Waals surface area contributed by atoms with Crippen LogP contribution in [0.3, 0.4) is 0 Å². The summed E-state index contributed by atoms with van der Waals surface area (Å²) in [6.45, 7) is 0. The Labute approximate surface area is 181 Å². The first-order valence-corrected chi connectivity index (χ1v) is 11.3. The second kappa shape index (κ2) is 7.24. The van der Waals surface area contributed by atoms with E-state index in [1.54, 1.807) is 0 Å². The molecule has 1 aliphatic rings. The highest BCUT2D eigenvalue weighted by Crippen LogP contribution is 2.37. The standard InChI is InChI=1S/C18H12BrClF3N3O3S/c19-13-6-9(18(21,22)23)5-12-16(13)24-8-26(17(12)27)25-14-7-10(20)1-4-15(14)30(28,29)11-2-3-11/h1,4-8,11,25H,2-3H2. The Bertz CT molecular complexity index is 1340. The van der Waals surface area contributed by atoms with Gasteiger partial charge < -0.3 is 0 Å². The van der Waals surface area contributed by atoms with Gasteiger partial charge in [0.2, 0.25) is 0 Å². The quantitative estimate of drug-likeness (QED) is 0.540. The molecule has 1 heterocycles. The van der Waals surface area contributed by atoms with Gasteiger partial charge in [-0.3, -0.25) is 10.2 Å². The molecular weight excluding hydrogens is 511 g/mol. The van der Waals surface area contributed by atoms with E-state index in [-0.39, 0.29) is 31.0 Å². The summed E-state index contributed by atoms with van der Waals surface area (Å²) in [4.78, 5) is 16.8. The third-order valence-electron chi connectivity index (χ3n) is 4.59. The predicted octanol–water partition coefficient (Wildman–Crippen LogP) is 4.64. The van der Waals surface area contributed by atoms with Gasteiger partial charge in [-0.1, -0.05) is 11.6 Å². The van der Waals surface area contributed by atoms with E-state index in [2.05, 4.69) is 26.3 Å². The number of hydrogen-bond donors (Lipinski definition) is 1. The van der Waals surface area contributed by atoms with Gasteiger partial charge in [0.05, 0.1) is 32.3 Å². The van der Waals surface area contributed by atoms with Gasteiger partial charge in [0.25, 0.3) is 5.56 Å². The number of rotatable bonds is 4. The highest BCUT2D eigenvalue weighted by atomic mass is 79.9. The first kappa shape index (κ1) is 21.1. The highest BCUT2D eigenvalue weighted by molar-refractivity contribution is 9.10. The average molecular weight is 523 g/mol. The smallest absolute Gasteiger partial charge is 0.289 e. The zero-order valence-electron chi connectivity index (χ0n) is 14.9. The number of nitrogens with one attached hydrogen (secondary N) is 1. The van der Waals surface area contributed by atoms with E-state index >= 15 is 0 Å². The van der Waals surface area contributed by atoms with Crippen LogP contribution in [0.15, 0.2) is 50.8 Å². The number of aromatic nitrogens is 2. The van der Waals surface area contributed by atoms with Crippen molar-refractivity contribution >= 4 is 54.0 Å². The third kappa shape index (κ3) is 3.81. The lowest BCUT2D eigenvalue weighted by Crippen LogP contribution is -2.28. The lowest BCUT2D eigenvalue weighted by molar-refractivity contribution is -0.137. The molecule has 3 aromatic rings. The number of hydrogen-bond acceptors (Lipinski definition) is 5. The molecule has 1 aliphatic carbocycles. The molecule has 0 saturated heterocycles. The minimum atomic E-state index is -4.66. The van der Waals surface area contributed by atoms with Crippen LogP contribution in [-0.2, 0) is 16.0 Å². The summed E-state index contributed by atoms with van der Waals surface area (Å²) >= 11 is 8.99. The number of halogens is 5. The van der Waals surface area contributed by atoms with Crippen LogP contribution >= 0.6 is 27.5 Å². The molecule has 30 heavy (non-hydrogen) atoms. The summed E-state index contributed by atoms with van der Waals surface area (Å²) in [6.07, 6.45) is -2.51. The number of benzene rings is 2. The molecule has 1 saturated carbocycles. The number of alkyl halides is 3. The molecule has 4 rings (SSSR count). The Balaban J connectivity index is 1.85. The first-order chi connectivity index (χ1) is 14.0. The number of sulfone groups is 1. The molecule has 0 radical (unpaired) electrons. The minimum Gasteiger partial charge on any atom is -0.289 e. The Morgan fingerprint density at radius 1 is 1.20 bits per heavy atom. The maximum absolute atomic E-state index is 13.1. The molecule has 158 valence electrons. The largest absolute Gasteiger partial charge is 0.416 e. The Morgan fingerprint density at radius 3 is 2.53 bits per heavy atom. The van der Waals surface area contributed by atoms with E-state index in [1.165, 1.54) is 18.2 Å². The van der Waals surface area contributed by atoms with Crippen LogP contribution in [0.1, 0.15) is 18.4 Å².